The van der Waals surface area contributed by atoms with Crippen molar-refractivity contribution in [3.05, 3.63) is 83.9 Å². The molecule has 0 saturated carbocycles. The Morgan fingerprint density at radius 1 is 1.00 bits per heavy atom. The Morgan fingerprint density at radius 2 is 1.70 bits per heavy atom. The van der Waals surface area contributed by atoms with Gasteiger partial charge in [-0.25, -0.2) is 0 Å². The van der Waals surface area contributed by atoms with Crippen LogP contribution in [0.15, 0.2) is 72.8 Å². The molecular weight excluding hydrogens is 355 g/mol. The van der Waals surface area contributed by atoms with Crippen LogP contribution in [0.25, 0.3) is 11.1 Å². The van der Waals surface area contributed by atoms with Gasteiger partial charge in [-0.05, 0) is 47.6 Å². The molecule has 3 aromatic rings. The lowest BCUT2D eigenvalue weighted by molar-refractivity contribution is 0.102. The van der Waals surface area contributed by atoms with Crippen LogP contribution in [0.2, 0.25) is 0 Å². The summed E-state index contributed by atoms with van der Waals surface area (Å²) in [5.74, 6) is -0.177. The van der Waals surface area contributed by atoms with Gasteiger partial charge in [-0.1, -0.05) is 48.5 Å². The van der Waals surface area contributed by atoms with Crippen LogP contribution in [0.1, 0.15) is 15.9 Å². The lowest BCUT2D eigenvalue weighted by Gasteiger charge is -2.12. The van der Waals surface area contributed by atoms with Crippen LogP contribution in [0.4, 0.5) is 11.4 Å². The fraction of sp³-hybridized carbons (Fsp3) is 0.136. The molecule has 0 aliphatic carbocycles. The second-order valence-corrected chi connectivity index (χ2v) is 8.22. The summed E-state index contributed by atoms with van der Waals surface area (Å²) in [5.41, 5.74) is 11.1. The van der Waals surface area contributed by atoms with Crippen LogP contribution in [-0.2, 0) is 10.7 Å². The topological polar surface area (TPSA) is 64.3 Å². The SMILES string of the molecule is COP(C)Cc1ccc(C(=O)Nc2cc(-c3ccccc3)ccc2N)cc1. The maximum absolute atomic E-state index is 12.6. The standard InChI is InChI=1S/C22H23N2O2P/c1-26-27(2)15-16-8-10-18(11-9-16)22(25)24-21-14-19(12-13-20(21)23)17-6-4-3-5-7-17/h3-14H,15,23H2,1-2H3,(H,24,25). The normalized spacial score (nSPS) is 11.8. The zero-order valence-electron chi connectivity index (χ0n) is 15.5. The molecule has 0 fully saturated rings. The van der Waals surface area contributed by atoms with Crippen molar-refractivity contribution in [2.45, 2.75) is 6.16 Å². The molecule has 4 nitrogen and oxygen atoms in total. The average Bonchev–Trinajstić information content (AvgIpc) is 2.70. The first-order chi connectivity index (χ1) is 13.1. The van der Waals surface area contributed by atoms with Crippen molar-refractivity contribution >= 4 is 25.4 Å². The molecule has 3 aromatic carbocycles. The van der Waals surface area contributed by atoms with Crippen LogP contribution in [0.5, 0.6) is 0 Å². The van der Waals surface area contributed by atoms with E-state index in [1.807, 2.05) is 72.8 Å². The molecule has 3 N–H and O–H groups in total. The van der Waals surface area contributed by atoms with Crippen molar-refractivity contribution in [1.82, 2.24) is 0 Å². The highest BCUT2D eigenvalue weighted by Crippen LogP contribution is 2.35. The lowest BCUT2D eigenvalue weighted by atomic mass is 10.0. The van der Waals surface area contributed by atoms with Gasteiger partial charge >= 0.3 is 0 Å². The number of anilines is 2. The second kappa shape index (κ2) is 8.81. The number of nitrogen functional groups attached to an aromatic ring is 1. The number of carbonyl (C=O) groups excluding carboxylic acids is 1. The molecule has 0 bridgehead atoms. The van der Waals surface area contributed by atoms with Gasteiger partial charge in [0.1, 0.15) is 0 Å². The van der Waals surface area contributed by atoms with E-state index in [9.17, 15) is 4.79 Å². The fourth-order valence-corrected chi connectivity index (χ4v) is 3.61. The first-order valence-corrected chi connectivity index (χ1v) is 10.6. The Kier molecular flexibility index (Phi) is 6.23. The van der Waals surface area contributed by atoms with Gasteiger partial charge in [0.2, 0.25) is 0 Å². The highest BCUT2D eigenvalue weighted by Gasteiger charge is 2.10. The molecule has 3 rings (SSSR count). The minimum Gasteiger partial charge on any atom is -0.397 e. The first-order valence-electron chi connectivity index (χ1n) is 8.67. The molecule has 27 heavy (non-hydrogen) atoms. The highest BCUT2D eigenvalue weighted by atomic mass is 31.1. The summed E-state index contributed by atoms with van der Waals surface area (Å²) in [7, 11) is 1.26. The Morgan fingerprint density at radius 3 is 2.37 bits per heavy atom. The van der Waals surface area contributed by atoms with Gasteiger partial charge in [0, 0.05) is 27.0 Å². The molecule has 1 unspecified atom stereocenters. The first kappa shape index (κ1) is 19.1. The van der Waals surface area contributed by atoms with Gasteiger partial charge in [-0.2, -0.15) is 0 Å². The van der Waals surface area contributed by atoms with E-state index in [0.29, 0.717) is 16.9 Å². The number of carbonyl (C=O) groups is 1. The van der Waals surface area contributed by atoms with Crippen molar-refractivity contribution in [3.8, 4) is 11.1 Å². The van der Waals surface area contributed by atoms with E-state index in [0.717, 1.165) is 22.9 Å². The summed E-state index contributed by atoms with van der Waals surface area (Å²) < 4.78 is 5.34. The van der Waals surface area contributed by atoms with Crippen LogP contribution in [0.3, 0.4) is 0 Å². The number of rotatable bonds is 6. The van der Waals surface area contributed by atoms with E-state index in [4.69, 9.17) is 10.3 Å². The van der Waals surface area contributed by atoms with Crippen molar-refractivity contribution in [1.29, 1.82) is 0 Å². The molecule has 0 aliphatic rings. The quantitative estimate of drug-likeness (QED) is 0.448. The van der Waals surface area contributed by atoms with Gasteiger partial charge < -0.3 is 15.6 Å². The summed E-state index contributed by atoms with van der Waals surface area (Å²) in [6.07, 6.45) is 0.875. The summed E-state index contributed by atoms with van der Waals surface area (Å²) in [6.45, 7) is 2.08. The number of benzene rings is 3. The molecule has 0 aliphatic heterocycles. The third-order valence-electron chi connectivity index (χ3n) is 4.34. The largest absolute Gasteiger partial charge is 0.397 e. The maximum atomic E-state index is 12.6. The Bertz CT molecular complexity index is 911. The summed E-state index contributed by atoms with van der Waals surface area (Å²) in [5, 5.41) is 2.92. The van der Waals surface area contributed by atoms with Crippen LogP contribution < -0.4 is 11.1 Å². The zero-order chi connectivity index (χ0) is 19.2. The smallest absolute Gasteiger partial charge is 0.255 e. The van der Waals surface area contributed by atoms with E-state index >= 15 is 0 Å². The minimum absolute atomic E-state index is 0.177. The molecule has 0 aromatic heterocycles. The van der Waals surface area contributed by atoms with E-state index < -0.39 is 8.15 Å². The van der Waals surface area contributed by atoms with Crippen LogP contribution >= 0.6 is 8.15 Å². The van der Waals surface area contributed by atoms with Crippen molar-refractivity contribution < 1.29 is 9.32 Å². The van der Waals surface area contributed by atoms with Gasteiger partial charge in [-0.15, -0.1) is 0 Å². The molecule has 0 saturated heterocycles. The molecule has 138 valence electrons. The second-order valence-electron chi connectivity index (χ2n) is 6.29. The molecule has 1 amide bonds. The van der Waals surface area contributed by atoms with Crippen molar-refractivity contribution in [2.75, 3.05) is 24.8 Å². The number of nitrogens with one attached hydrogen (secondary N) is 1. The summed E-state index contributed by atoms with van der Waals surface area (Å²) in [4.78, 5) is 12.6. The zero-order valence-corrected chi connectivity index (χ0v) is 16.4. The molecule has 1 atom stereocenters. The van der Waals surface area contributed by atoms with E-state index in [2.05, 4.69) is 12.0 Å². The van der Waals surface area contributed by atoms with Crippen LogP contribution in [-0.4, -0.2) is 19.7 Å². The molecule has 0 heterocycles. The minimum atomic E-state index is -0.467. The number of amides is 1. The predicted molar refractivity (Wildman–Crippen MR) is 114 cm³/mol. The molecule has 0 spiro atoms. The lowest BCUT2D eigenvalue weighted by Crippen LogP contribution is -2.13. The third kappa shape index (κ3) is 4.94. The molecule has 5 heteroatoms. The van der Waals surface area contributed by atoms with E-state index in [1.165, 1.54) is 0 Å². The monoisotopic (exact) mass is 378 g/mol. The number of hydrogen-bond donors (Lipinski definition) is 2. The average molecular weight is 378 g/mol. The summed E-state index contributed by atoms with van der Waals surface area (Å²) >= 11 is 0. The highest BCUT2D eigenvalue weighted by molar-refractivity contribution is 7.50. The number of hydrogen-bond acceptors (Lipinski definition) is 3. The Labute approximate surface area is 161 Å². The molecular formula is C22H23N2O2P. The van der Waals surface area contributed by atoms with E-state index in [-0.39, 0.29) is 5.91 Å². The Hall–Kier alpha value is -2.68. The Balaban J connectivity index is 1.76. The van der Waals surface area contributed by atoms with Gasteiger partial charge in [0.05, 0.1) is 11.4 Å². The van der Waals surface area contributed by atoms with Crippen LogP contribution in [0, 0.1) is 0 Å². The number of nitrogens with two attached hydrogens (primary N) is 1. The van der Waals surface area contributed by atoms with Gasteiger partial charge in [-0.3, -0.25) is 4.79 Å². The van der Waals surface area contributed by atoms with E-state index in [1.54, 1.807) is 7.11 Å². The van der Waals surface area contributed by atoms with Gasteiger partial charge in [0.15, 0.2) is 0 Å². The fourth-order valence-electron chi connectivity index (χ4n) is 2.75. The maximum Gasteiger partial charge on any atom is 0.255 e. The third-order valence-corrected chi connectivity index (χ3v) is 5.78. The van der Waals surface area contributed by atoms with Crippen molar-refractivity contribution in [3.63, 3.8) is 0 Å². The van der Waals surface area contributed by atoms with Crippen molar-refractivity contribution in [2.24, 2.45) is 0 Å². The summed E-state index contributed by atoms with van der Waals surface area (Å²) in [6, 6.07) is 23.3. The van der Waals surface area contributed by atoms with Gasteiger partial charge in [0.25, 0.3) is 5.91 Å². The predicted octanol–water partition coefficient (Wildman–Crippen LogP) is 5.36. The molecule has 0 radical (unpaired) electrons.